The molecule has 2 atom stereocenters. The molecule has 10 heteroatoms. The maximum atomic E-state index is 12.5. The number of nitrogens with one attached hydrogen (secondary N) is 4. The summed E-state index contributed by atoms with van der Waals surface area (Å²) in [5.74, 6) is 2.69. The lowest BCUT2D eigenvalue weighted by Gasteiger charge is -2.26. The van der Waals surface area contributed by atoms with E-state index in [1.807, 2.05) is 61.5 Å². The zero-order valence-electron chi connectivity index (χ0n) is 20.3. The van der Waals surface area contributed by atoms with Crippen LogP contribution in [0, 0.1) is 6.92 Å². The van der Waals surface area contributed by atoms with E-state index in [-0.39, 0.29) is 31.3 Å². The van der Waals surface area contributed by atoms with Crippen LogP contribution in [0.2, 0.25) is 0 Å². The van der Waals surface area contributed by atoms with E-state index in [1.165, 1.54) is 0 Å². The highest BCUT2D eigenvalue weighted by molar-refractivity contribution is 5.93. The van der Waals surface area contributed by atoms with Crippen LogP contribution in [0.3, 0.4) is 0 Å². The highest BCUT2D eigenvalue weighted by atomic mass is 16.6. The van der Waals surface area contributed by atoms with Gasteiger partial charge in [0.05, 0.1) is 13.1 Å². The first-order valence-electron chi connectivity index (χ1n) is 12.0. The summed E-state index contributed by atoms with van der Waals surface area (Å²) in [7, 11) is 0. The van der Waals surface area contributed by atoms with Gasteiger partial charge in [0.15, 0.2) is 35.2 Å². The Morgan fingerprint density at radius 2 is 1.24 bits per heavy atom. The molecule has 2 aliphatic heterocycles. The van der Waals surface area contributed by atoms with Crippen molar-refractivity contribution in [1.82, 2.24) is 10.6 Å². The van der Waals surface area contributed by atoms with E-state index in [4.69, 9.17) is 18.9 Å². The molecule has 0 radical (unpaired) electrons. The number of anilines is 2. The van der Waals surface area contributed by atoms with Crippen LogP contribution in [-0.2, 0) is 0 Å². The summed E-state index contributed by atoms with van der Waals surface area (Å²) in [5, 5.41) is 11.2. The standard InChI is InChI=1S/C27H28N4O6/c1-17-10-11-18(30-26(32)28-13-19-15-34-22-6-2-4-8-24(22)36-19)12-21(17)31-27(33)29-14-20-16-35-23-7-3-5-9-25(23)37-20/h2-12,19-20H,13-16H2,1H3,(H2,28,30,32)(H2,29,31,33)/t19-,20+/m0/s1. The van der Waals surface area contributed by atoms with Crippen LogP contribution in [0.25, 0.3) is 0 Å². The van der Waals surface area contributed by atoms with E-state index in [0.717, 1.165) is 5.56 Å². The molecule has 0 spiro atoms. The number of amides is 4. The number of carbonyl (C=O) groups excluding carboxylic acids is 2. The molecule has 0 unspecified atom stereocenters. The number of hydrogen-bond acceptors (Lipinski definition) is 6. The van der Waals surface area contributed by atoms with Crippen molar-refractivity contribution >= 4 is 23.4 Å². The van der Waals surface area contributed by atoms with Crippen molar-refractivity contribution in [3.63, 3.8) is 0 Å². The second-order valence-corrected chi connectivity index (χ2v) is 8.69. The summed E-state index contributed by atoms with van der Waals surface area (Å²) in [5.41, 5.74) is 1.95. The zero-order chi connectivity index (χ0) is 25.6. The largest absolute Gasteiger partial charge is 0.486 e. The number of ether oxygens (including phenoxy) is 4. The number of para-hydroxylation sites is 4. The highest BCUT2D eigenvalue weighted by Gasteiger charge is 2.22. The number of benzene rings is 3. The molecule has 0 aromatic heterocycles. The second kappa shape index (κ2) is 11.0. The summed E-state index contributed by atoms with van der Waals surface area (Å²) < 4.78 is 23.1. The number of urea groups is 2. The van der Waals surface area contributed by atoms with Crippen LogP contribution < -0.4 is 40.2 Å². The van der Waals surface area contributed by atoms with E-state index in [2.05, 4.69) is 21.3 Å². The molecular weight excluding hydrogens is 476 g/mol. The molecule has 0 bridgehead atoms. The van der Waals surface area contributed by atoms with Gasteiger partial charge in [0.25, 0.3) is 0 Å². The SMILES string of the molecule is Cc1ccc(NC(=O)NC[C@H]2COc3ccccc3O2)cc1NC(=O)NC[C@@H]1COc2ccccc2O1. The number of aryl methyl sites for hydroxylation is 1. The van der Waals surface area contributed by atoms with Gasteiger partial charge in [-0.3, -0.25) is 0 Å². The van der Waals surface area contributed by atoms with Crippen LogP contribution in [0.1, 0.15) is 5.56 Å². The molecule has 10 nitrogen and oxygen atoms in total. The highest BCUT2D eigenvalue weighted by Crippen LogP contribution is 2.31. The Bertz CT molecular complexity index is 1280. The zero-order valence-corrected chi connectivity index (χ0v) is 20.3. The third kappa shape index (κ3) is 6.16. The molecule has 3 aromatic rings. The third-order valence-electron chi connectivity index (χ3n) is 5.86. The smallest absolute Gasteiger partial charge is 0.319 e. The fourth-order valence-electron chi connectivity index (χ4n) is 3.92. The molecule has 37 heavy (non-hydrogen) atoms. The summed E-state index contributed by atoms with van der Waals surface area (Å²) >= 11 is 0. The van der Waals surface area contributed by atoms with Gasteiger partial charge in [-0.1, -0.05) is 30.3 Å². The molecule has 192 valence electrons. The quantitative estimate of drug-likeness (QED) is 0.404. The molecule has 0 aliphatic carbocycles. The van der Waals surface area contributed by atoms with E-state index < -0.39 is 6.03 Å². The summed E-state index contributed by atoms with van der Waals surface area (Å²) in [6.45, 7) is 3.10. The average Bonchev–Trinajstić information content (AvgIpc) is 2.92. The molecule has 0 saturated heterocycles. The summed E-state index contributed by atoms with van der Waals surface area (Å²) in [4.78, 5) is 24.9. The van der Waals surface area contributed by atoms with Crippen molar-refractivity contribution in [3.8, 4) is 23.0 Å². The first-order valence-corrected chi connectivity index (χ1v) is 12.0. The van der Waals surface area contributed by atoms with Crippen LogP contribution in [0.4, 0.5) is 21.0 Å². The minimum Gasteiger partial charge on any atom is -0.486 e. The van der Waals surface area contributed by atoms with Crippen LogP contribution in [-0.4, -0.2) is 50.6 Å². The topological polar surface area (TPSA) is 119 Å². The molecule has 0 fully saturated rings. The molecule has 4 N–H and O–H groups in total. The van der Waals surface area contributed by atoms with Crippen LogP contribution in [0.5, 0.6) is 23.0 Å². The molecule has 2 aliphatic rings. The lowest BCUT2D eigenvalue weighted by Crippen LogP contribution is -2.42. The average molecular weight is 505 g/mol. The number of fused-ring (bicyclic) bond motifs is 2. The van der Waals surface area contributed by atoms with Gasteiger partial charge >= 0.3 is 12.1 Å². The van der Waals surface area contributed by atoms with Crippen molar-refractivity contribution in [3.05, 3.63) is 72.3 Å². The van der Waals surface area contributed by atoms with Crippen molar-refractivity contribution < 1.29 is 28.5 Å². The lowest BCUT2D eigenvalue weighted by molar-refractivity contribution is 0.0922. The Balaban J connectivity index is 1.08. The predicted octanol–water partition coefficient (Wildman–Crippen LogP) is 3.92. The van der Waals surface area contributed by atoms with Crippen molar-refractivity contribution in [1.29, 1.82) is 0 Å². The second-order valence-electron chi connectivity index (χ2n) is 8.69. The minimum absolute atomic E-state index is 0.275. The molecule has 5 rings (SSSR count). The van der Waals surface area contributed by atoms with Crippen LogP contribution in [0.15, 0.2) is 66.7 Å². The first-order chi connectivity index (χ1) is 18.0. The van der Waals surface area contributed by atoms with Crippen molar-refractivity contribution in [2.45, 2.75) is 19.1 Å². The minimum atomic E-state index is -0.392. The van der Waals surface area contributed by atoms with Crippen molar-refractivity contribution in [2.24, 2.45) is 0 Å². The number of hydrogen-bond donors (Lipinski definition) is 4. The Labute approximate surface area is 214 Å². The van der Waals surface area contributed by atoms with Gasteiger partial charge in [-0.25, -0.2) is 9.59 Å². The Kier molecular flexibility index (Phi) is 7.16. The number of carbonyl (C=O) groups is 2. The fraction of sp³-hybridized carbons (Fsp3) is 0.259. The first kappa shape index (κ1) is 24.1. The van der Waals surface area contributed by atoms with Gasteiger partial charge in [-0.15, -0.1) is 0 Å². The molecule has 2 heterocycles. The van der Waals surface area contributed by atoms with Gasteiger partial charge < -0.3 is 40.2 Å². The van der Waals surface area contributed by atoms with Gasteiger partial charge in [0, 0.05) is 11.4 Å². The summed E-state index contributed by atoms with van der Waals surface area (Å²) in [6, 6.07) is 19.3. The Morgan fingerprint density at radius 3 is 1.81 bits per heavy atom. The van der Waals surface area contributed by atoms with Crippen LogP contribution >= 0.6 is 0 Å². The van der Waals surface area contributed by atoms with Gasteiger partial charge in [0.1, 0.15) is 13.2 Å². The fourth-order valence-corrected chi connectivity index (χ4v) is 3.92. The maximum absolute atomic E-state index is 12.5. The maximum Gasteiger partial charge on any atom is 0.319 e. The van der Waals surface area contributed by atoms with E-state index in [0.29, 0.717) is 47.6 Å². The van der Waals surface area contributed by atoms with Gasteiger partial charge in [-0.05, 0) is 48.9 Å². The molecule has 0 saturated carbocycles. The molecular formula is C27H28N4O6. The monoisotopic (exact) mass is 504 g/mol. The third-order valence-corrected chi connectivity index (χ3v) is 5.86. The van der Waals surface area contributed by atoms with E-state index in [9.17, 15) is 9.59 Å². The van der Waals surface area contributed by atoms with Gasteiger partial charge in [0.2, 0.25) is 0 Å². The normalized spacial score (nSPS) is 17.3. The predicted molar refractivity (Wildman–Crippen MR) is 138 cm³/mol. The number of rotatable bonds is 6. The lowest BCUT2D eigenvalue weighted by atomic mass is 10.2. The van der Waals surface area contributed by atoms with Gasteiger partial charge in [-0.2, -0.15) is 0 Å². The Hall–Kier alpha value is -4.60. The van der Waals surface area contributed by atoms with E-state index in [1.54, 1.807) is 12.1 Å². The Morgan fingerprint density at radius 1 is 0.730 bits per heavy atom. The van der Waals surface area contributed by atoms with E-state index >= 15 is 0 Å². The molecule has 4 amide bonds. The van der Waals surface area contributed by atoms with Crippen molar-refractivity contribution in [2.75, 3.05) is 36.9 Å². The molecule has 3 aromatic carbocycles. The summed E-state index contributed by atoms with van der Waals surface area (Å²) in [6.07, 6.45) is -0.600.